The summed E-state index contributed by atoms with van der Waals surface area (Å²) < 4.78 is 5.24. The molecule has 0 bridgehead atoms. The van der Waals surface area contributed by atoms with Gasteiger partial charge in [0.15, 0.2) is 0 Å². The van der Waals surface area contributed by atoms with Crippen molar-refractivity contribution >= 4 is 17.9 Å². The zero-order valence-electron chi connectivity index (χ0n) is 20.1. The van der Waals surface area contributed by atoms with E-state index in [9.17, 15) is 9.59 Å². The van der Waals surface area contributed by atoms with Crippen molar-refractivity contribution in [1.82, 2.24) is 14.7 Å². The highest BCUT2D eigenvalue weighted by Crippen LogP contribution is 2.22. The van der Waals surface area contributed by atoms with Gasteiger partial charge in [-0.25, -0.2) is 0 Å². The molecule has 0 radical (unpaired) electrons. The number of amides is 2. The predicted octanol–water partition coefficient (Wildman–Crippen LogP) is 3.68. The average Bonchev–Trinajstić information content (AvgIpc) is 3.13. The zero-order valence-corrected chi connectivity index (χ0v) is 20.1. The molecule has 2 fully saturated rings. The second-order valence-electron chi connectivity index (χ2n) is 9.15. The van der Waals surface area contributed by atoms with Crippen LogP contribution >= 0.6 is 0 Å². The van der Waals surface area contributed by atoms with Gasteiger partial charge in [0.2, 0.25) is 11.8 Å². The number of likely N-dealkylation sites (tertiary alicyclic amines) is 1. The Kier molecular flexibility index (Phi) is 8.36. The largest absolute Gasteiger partial charge is 0.497 e. The Labute approximate surface area is 202 Å². The fourth-order valence-corrected chi connectivity index (χ4v) is 4.78. The summed E-state index contributed by atoms with van der Waals surface area (Å²) in [4.78, 5) is 32.1. The molecule has 0 aliphatic carbocycles. The van der Waals surface area contributed by atoms with Crippen LogP contribution in [0.25, 0.3) is 6.08 Å². The first-order valence-electron chi connectivity index (χ1n) is 12.3. The molecule has 2 heterocycles. The molecule has 2 saturated heterocycles. The summed E-state index contributed by atoms with van der Waals surface area (Å²) >= 11 is 0. The van der Waals surface area contributed by atoms with Crippen molar-refractivity contribution in [3.63, 3.8) is 0 Å². The first-order valence-corrected chi connectivity index (χ1v) is 12.3. The van der Waals surface area contributed by atoms with E-state index in [0.29, 0.717) is 13.1 Å². The lowest BCUT2D eigenvalue weighted by molar-refractivity contribution is -0.139. The molecular formula is C28H35N3O3. The number of nitrogens with zero attached hydrogens (tertiary/aromatic N) is 3. The van der Waals surface area contributed by atoms with Crippen molar-refractivity contribution in [3.8, 4) is 5.75 Å². The summed E-state index contributed by atoms with van der Waals surface area (Å²) in [6.07, 6.45) is 5.98. The summed E-state index contributed by atoms with van der Waals surface area (Å²) in [7, 11) is 1.68. The van der Waals surface area contributed by atoms with Gasteiger partial charge in [-0.2, -0.15) is 0 Å². The Hall–Kier alpha value is -3.12. The maximum Gasteiger partial charge on any atom is 0.246 e. The van der Waals surface area contributed by atoms with E-state index in [2.05, 4.69) is 17.0 Å². The van der Waals surface area contributed by atoms with Crippen molar-refractivity contribution in [2.75, 3.05) is 46.4 Å². The summed E-state index contributed by atoms with van der Waals surface area (Å²) in [5.41, 5.74) is 2.28. The number of piperidine rings is 1. The molecule has 180 valence electrons. The molecule has 34 heavy (non-hydrogen) atoms. The molecule has 2 aromatic carbocycles. The molecular weight excluding hydrogens is 426 g/mol. The molecule has 0 saturated carbocycles. The highest BCUT2D eigenvalue weighted by atomic mass is 16.5. The van der Waals surface area contributed by atoms with Gasteiger partial charge in [0.05, 0.1) is 7.11 Å². The van der Waals surface area contributed by atoms with E-state index in [1.54, 1.807) is 13.2 Å². The van der Waals surface area contributed by atoms with Crippen molar-refractivity contribution in [1.29, 1.82) is 0 Å². The van der Waals surface area contributed by atoms with Crippen LogP contribution in [0.4, 0.5) is 0 Å². The molecule has 6 nitrogen and oxygen atoms in total. The van der Waals surface area contributed by atoms with Gasteiger partial charge < -0.3 is 14.5 Å². The smallest absolute Gasteiger partial charge is 0.246 e. The minimum absolute atomic E-state index is 0.0234. The van der Waals surface area contributed by atoms with Gasteiger partial charge in [-0.1, -0.05) is 42.5 Å². The topological polar surface area (TPSA) is 53.1 Å². The number of methoxy groups -OCH3 is 1. The lowest BCUT2D eigenvalue weighted by Crippen LogP contribution is -2.45. The molecule has 4 rings (SSSR count). The standard InChI is InChI=1S/C28H35N3O3/c1-34-26-11-8-24(9-12-26)22-29-16-5-17-31(21-20-29)28(33)25-14-18-30(19-15-25)27(32)13-10-23-6-3-2-4-7-23/h2-4,6-13,25H,5,14-22H2,1H3/b13-10+. The normalized spacial score (nSPS) is 18.1. The molecule has 0 N–H and O–H groups in total. The van der Waals surface area contributed by atoms with E-state index >= 15 is 0 Å². The molecule has 0 atom stereocenters. The Morgan fingerprint density at radius 1 is 0.882 bits per heavy atom. The first-order chi connectivity index (χ1) is 16.6. The van der Waals surface area contributed by atoms with Gasteiger partial charge in [0, 0.05) is 57.8 Å². The van der Waals surface area contributed by atoms with E-state index in [1.165, 1.54) is 5.56 Å². The lowest BCUT2D eigenvalue weighted by Gasteiger charge is -2.33. The number of rotatable bonds is 6. The zero-order chi connectivity index (χ0) is 23.8. The maximum atomic E-state index is 13.2. The molecule has 2 aliphatic rings. The summed E-state index contributed by atoms with van der Waals surface area (Å²) in [5.74, 6) is 1.18. The van der Waals surface area contributed by atoms with Crippen LogP contribution in [-0.2, 0) is 16.1 Å². The van der Waals surface area contributed by atoms with Crippen LogP contribution in [-0.4, -0.2) is 72.9 Å². The van der Waals surface area contributed by atoms with Crippen LogP contribution in [0, 0.1) is 5.92 Å². The Bertz CT molecular complexity index is 966. The number of ether oxygens (including phenoxy) is 1. The average molecular weight is 462 g/mol. The van der Waals surface area contributed by atoms with Gasteiger partial charge >= 0.3 is 0 Å². The number of carbonyl (C=O) groups is 2. The van der Waals surface area contributed by atoms with Crippen LogP contribution in [0.15, 0.2) is 60.7 Å². The van der Waals surface area contributed by atoms with Crippen molar-refractivity contribution in [3.05, 3.63) is 71.8 Å². The number of carbonyl (C=O) groups excluding carboxylic acids is 2. The predicted molar refractivity (Wildman–Crippen MR) is 134 cm³/mol. The van der Waals surface area contributed by atoms with E-state index in [1.807, 2.05) is 58.3 Å². The van der Waals surface area contributed by atoms with E-state index in [0.717, 1.165) is 63.3 Å². The molecule has 0 aromatic heterocycles. The third-order valence-corrected chi connectivity index (χ3v) is 6.84. The molecule has 0 spiro atoms. The van der Waals surface area contributed by atoms with E-state index in [4.69, 9.17) is 4.74 Å². The van der Waals surface area contributed by atoms with Gasteiger partial charge in [0.1, 0.15) is 5.75 Å². The molecule has 0 unspecified atom stereocenters. The summed E-state index contributed by atoms with van der Waals surface area (Å²) in [6, 6.07) is 18.1. The van der Waals surface area contributed by atoms with Gasteiger partial charge in [-0.05, 0) is 48.6 Å². The van der Waals surface area contributed by atoms with Crippen LogP contribution in [0.1, 0.15) is 30.4 Å². The second kappa shape index (κ2) is 11.8. The van der Waals surface area contributed by atoms with Crippen molar-refractivity contribution in [2.45, 2.75) is 25.8 Å². The Balaban J connectivity index is 1.23. The van der Waals surface area contributed by atoms with Crippen molar-refractivity contribution in [2.24, 2.45) is 5.92 Å². The third-order valence-electron chi connectivity index (χ3n) is 6.84. The number of hydrogen-bond donors (Lipinski definition) is 0. The highest BCUT2D eigenvalue weighted by Gasteiger charge is 2.30. The number of hydrogen-bond acceptors (Lipinski definition) is 4. The minimum Gasteiger partial charge on any atom is -0.497 e. The third kappa shape index (κ3) is 6.48. The van der Waals surface area contributed by atoms with Crippen LogP contribution in [0.5, 0.6) is 5.75 Å². The summed E-state index contributed by atoms with van der Waals surface area (Å²) in [6.45, 7) is 5.65. The second-order valence-corrected chi connectivity index (χ2v) is 9.15. The molecule has 2 aromatic rings. The summed E-state index contributed by atoms with van der Waals surface area (Å²) in [5, 5.41) is 0. The number of benzene rings is 2. The fourth-order valence-electron chi connectivity index (χ4n) is 4.78. The van der Waals surface area contributed by atoms with E-state index < -0.39 is 0 Å². The quantitative estimate of drug-likeness (QED) is 0.616. The van der Waals surface area contributed by atoms with Gasteiger partial charge in [-0.15, -0.1) is 0 Å². The molecule has 6 heteroatoms. The van der Waals surface area contributed by atoms with Crippen LogP contribution in [0.2, 0.25) is 0 Å². The van der Waals surface area contributed by atoms with E-state index in [-0.39, 0.29) is 17.7 Å². The van der Waals surface area contributed by atoms with Gasteiger partial charge in [-0.3, -0.25) is 14.5 Å². The SMILES string of the molecule is COc1ccc(CN2CCCN(C(=O)C3CCN(C(=O)/C=C/c4ccccc4)CC3)CC2)cc1. The van der Waals surface area contributed by atoms with Gasteiger partial charge in [0.25, 0.3) is 0 Å². The Morgan fingerprint density at radius 2 is 1.62 bits per heavy atom. The minimum atomic E-state index is 0.0234. The Morgan fingerprint density at radius 3 is 2.32 bits per heavy atom. The van der Waals surface area contributed by atoms with Crippen LogP contribution in [0.3, 0.4) is 0 Å². The first kappa shape index (κ1) is 24.0. The lowest BCUT2D eigenvalue weighted by atomic mass is 9.95. The maximum absolute atomic E-state index is 13.2. The highest BCUT2D eigenvalue weighted by molar-refractivity contribution is 5.92. The monoisotopic (exact) mass is 461 g/mol. The molecule has 2 amide bonds. The van der Waals surface area contributed by atoms with Crippen LogP contribution < -0.4 is 4.74 Å². The molecule has 2 aliphatic heterocycles. The fraction of sp³-hybridized carbons (Fsp3) is 0.429. The van der Waals surface area contributed by atoms with Crippen molar-refractivity contribution < 1.29 is 14.3 Å².